The number of hydrogen-bond acceptors (Lipinski definition) is 3. The van der Waals surface area contributed by atoms with Gasteiger partial charge in [0, 0.05) is 117 Å². The Bertz CT molecular complexity index is 8870. The van der Waals surface area contributed by atoms with Crippen LogP contribution in [0.5, 0.6) is 0 Å². The Morgan fingerprint density at radius 3 is 0.869 bits per heavy atom. The van der Waals surface area contributed by atoms with Crippen LogP contribution in [0.4, 0.5) is 51.2 Å². The smallest absolute Gasteiger partial charge is 0.0542 e. The topological polar surface area (TPSA) is 24.5 Å². The number of benzene rings is 21. The van der Waals surface area contributed by atoms with Crippen molar-refractivity contribution in [3.63, 3.8) is 0 Å². The van der Waals surface area contributed by atoms with Crippen LogP contribution in [0.3, 0.4) is 0 Å². The quantitative estimate of drug-likeness (QED) is 0.115. The lowest BCUT2D eigenvalue weighted by Crippen LogP contribution is -2.16. The average molecular weight is 1760 g/mol. The van der Waals surface area contributed by atoms with E-state index >= 15 is 0 Å². The zero-order valence-corrected chi connectivity index (χ0v) is 77.4. The summed E-state index contributed by atoms with van der Waals surface area (Å²) in [6, 6.07) is 177. The molecule has 3 aliphatic carbocycles. The van der Waals surface area contributed by atoms with E-state index in [0.717, 1.165) is 45.5 Å². The SMILES string of the molecule is CC1(C)c2ccccc2-c2ccc(N(c3ccc(-c4ccccc4)cc3)c3ccc4c(c3)c3ccccc3n4-c3ccccc3)cc21.CC1(C)c2ccccc2-c2ccc(N(c3ccc4c(c3)c3ccccc3n4-c3ccccc3)c3cccc4ccccc34)cc21.CC1(C)c2ccccc2-c2ccc(N(c3ccc4ccccc4c3)c3ccc4c(c3)c3ccccc3n4-c3ccccc3)cc21. The predicted molar refractivity (Wildman–Crippen MR) is 580 cm³/mol. The molecule has 6 nitrogen and oxygen atoms in total. The Hall–Kier alpha value is -17.1. The summed E-state index contributed by atoms with van der Waals surface area (Å²) in [5.41, 5.74) is 39.6. The zero-order valence-electron chi connectivity index (χ0n) is 77.4. The second-order valence-corrected chi connectivity index (χ2v) is 38.3. The first kappa shape index (κ1) is 81.9. The van der Waals surface area contributed by atoms with Crippen LogP contribution in [0.2, 0.25) is 0 Å². The van der Waals surface area contributed by atoms with E-state index < -0.39 is 0 Å². The summed E-state index contributed by atoms with van der Waals surface area (Å²) in [6.45, 7) is 14.1. The van der Waals surface area contributed by atoms with Crippen molar-refractivity contribution in [2.75, 3.05) is 14.7 Å². The molecule has 0 saturated carbocycles. The molecule has 6 heteroatoms. The number of anilines is 9. The molecule has 21 aromatic carbocycles. The van der Waals surface area contributed by atoms with Gasteiger partial charge in [0.1, 0.15) is 0 Å². The summed E-state index contributed by atoms with van der Waals surface area (Å²) in [5, 5.41) is 12.4. The third-order valence-corrected chi connectivity index (χ3v) is 29.5. The van der Waals surface area contributed by atoms with Crippen molar-refractivity contribution in [3.8, 4) is 61.6 Å². The number of para-hydroxylation sites is 6. The summed E-state index contributed by atoms with van der Waals surface area (Å²) in [5.74, 6) is 0. The highest BCUT2D eigenvalue weighted by molar-refractivity contribution is 6.14. The van der Waals surface area contributed by atoms with Gasteiger partial charge in [-0.25, -0.2) is 0 Å². The van der Waals surface area contributed by atoms with Crippen LogP contribution in [0.1, 0.15) is 74.9 Å². The van der Waals surface area contributed by atoms with Crippen LogP contribution in [0.15, 0.2) is 485 Å². The molecule has 0 fully saturated rings. The first-order valence-corrected chi connectivity index (χ1v) is 47.8. The number of fused-ring (bicyclic) bond motifs is 20. The van der Waals surface area contributed by atoms with Gasteiger partial charge in [-0.2, -0.15) is 0 Å². The van der Waals surface area contributed by atoms with Crippen LogP contribution >= 0.6 is 0 Å². The van der Waals surface area contributed by atoms with Crippen LogP contribution < -0.4 is 14.7 Å². The molecule has 0 unspecified atom stereocenters. The molecule has 0 atom stereocenters. The second kappa shape index (κ2) is 32.7. The number of nitrogens with zero attached hydrogens (tertiary/aromatic N) is 6. The maximum Gasteiger partial charge on any atom is 0.0542 e. The number of aromatic nitrogens is 3. The Morgan fingerprint density at radius 2 is 0.438 bits per heavy atom. The lowest BCUT2D eigenvalue weighted by Gasteiger charge is -2.29. The third-order valence-electron chi connectivity index (χ3n) is 29.5. The second-order valence-electron chi connectivity index (χ2n) is 38.3. The van der Waals surface area contributed by atoms with E-state index in [1.54, 1.807) is 0 Å². The molecule has 0 amide bonds. The van der Waals surface area contributed by atoms with E-state index in [-0.39, 0.29) is 16.2 Å². The van der Waals surface area contributed by atoms with Crippen molar-refractivity contribution in [1.29, 1.82) is 0 Å². The molecule has 3 aliphatic rings. The van der Waals surface area contributed by atoms with Gasteiger partial charge < -0.3 is 28.4 Å². The van der Waals surface area contributed by atoms with Crippen LogP contribution in [-0.2, 0) is 16.2 Å². The highest BCUT2D eigenvalue weighted by Crippen LogP contribution is 2.56. The van der Waals surface area contributed by atoms with Crippen molar-refractivity contribution >= 4 is 138 Å². The molecule has 0 N–H and O–H groups in total. The van der Waals surface area contributed by atoms with Gasteiger partial charge in [0.15, 0.2) is 0 Å². The molecular formula is C131H98N6. The fourth-order valence-electron chi connectivity index (χ4n) is 22.8. The summed E-state index contributed by atoms with van der Waals surface area (Å²) in [4.78, 5) is 7.30. The minimum Gasteiger partial charge on any atom is -0.310 e. The first-order valence-electron chi connectivity index (χ1n) is 47.8. The van der Waals surface area contributed by atoms with E-state index in [1.165, 1.54) is 188 Å². The molecule has 0 radical (unpaired) electrons. The summed E-state index contributed by atoms with van der Waals surface area (Å²) in [6.07, 6.45) is 0. The van der Waals surface area contributed by atoms with Gasteiger partial charge in [0.25, 0.3) is 0 Å². The molecule has 3 aromatic heterocycles. The van der Waals surface area contributed by atoms with Crippen LogP contribution in [0.25, 0.3) is 149 Å². The lowest BCUT2D eigenvalue weighted by molar-refractivity contribution is 0.660. The van der Waals surface area contributed by atoms with Gasteiger partial charge in [0.2, 0.25) is 0 Å². The molecule has 137 heavy (non-hydrogen) atoms. The van der Waals surface area contributed by atoms with Gasteiger partial charge >= 0.3 is 0 Å². The van der Waals surface area contributed by atoms with E-state index in [0.29, 0.717) is 0 Å². The van der Waals surface area contributed by atoms with Gasteiger partial charge in [-0.05, 0) is 270 Å². The van der Waals surface area contributed by atoms with Crippen molar-refractivity contribution in [2.24, 2.45) is 0 Å². The van der Waals surface area contributed by atoms with Crippen LogP contribution in [0, 0.1) is 0 Å². The van der Waals surface area contributed by atoms with Gasteiger partial charge in [0.05, 0.1) is 38.8 Å². The fourth-order valence-corrected chi connectivity index (χ4v) is 22.8. The highest BCUT2D eigenvalue weighted by Gasteiger charge is 2.40. The Morgan fingerprint density at radius 1 is 0.161 bits per heavy atom. The molecule has 24 aromatic rings. The normalized spacial score (nSPS) is 13.2. The molecular weight excluding hydrogens is 1660 g/mol. The average Bonchev–Trinajstić information content (AvgIpc) is 1.58. The summed E-state index contributed by atoms with van der Waals surface area (Å²) < 4.78 is 7.14. The first-order chi connectivity index (χ1) is 67.2. The van der Waals surface area contributed by atoms with E-state index in [1.807, 2.05) is 0 Å². The van der Waals surface area contributed by atoms with E-state index in [4.69, 9.17) is 0 Å². The molecule has 0 saturated heterocycles. The van der Waals surface area contributed by atoms with Crippen molar-refractivity contribution in [2.45, 2.75) is 57.8 Å². The molecule has 0 bridgehead atoms. The minimum absolute atomic E-state index is 0.0793. The van der Waals surface area contributed by atoms with E-state index in [9.17, 15) is 0 Å². The number of hydrogen-bond donors (Lipinski definition) is 0. The Labute approximate surface area is 799 Å². The summed E-state index contributed by atoms with van der Waals surface area (Å²) >= 11 is 0. The highest BCUT2D eigenvalue weighted by atomic mass is 15.2. The minimum atomic E-state index is -0.0855. The Kier molecular flexibility index (Phi) is 19.5. The maximum atomic E-state index is 2.45. The predicted octanol–water partition coefficient (Wildman–Crippen LogP) is 35.7. The van der Waals surface area contributed by atoms with Crippen LogP contribution in [-0.4, -0.2) is 13.7 Å². The third kappa shape index (κ3) is 13.6. The molecule has 3 heterocycles. The number of rotatable bonds is 13. The standard InChI is InChI=1S/C45H34N2.2C43H32N2/c1-45(2)41-19-11-9-17-37(41)38-27-25-36(30-42(38)45)46(34-23-21-32(22-24-34)31-13-5-3-6-14-31)35-26-28-44-40(29-35)39-18-10-12-20-43(39)47(44)33-15-7-4-8-16-33;1-43(2)38-20-10-8-18-34(38)35-25-23-32(28-39(35)43)44(40-22-12-14-29-13-6-7-17-33(29)40)31-24-26-42-37(27-31)36-19-9-11-21-41(36)45(42)30-15-4-3-5-16-30;1-43(2)39-18-10-8-16-35(39)36-24-22-34(28-40(36)43)44(32-21-20-29-12-6-7-13-30(29)26-32)33-23-25-42-38(27-33)37-17-9-11-19-41(37)45(42)31-14-4-3-5-15-31/h3-30H,1-2H3;2*3-28H,1-2H3. The van der Waals surface area contributed by atoms with E-state index in [2.05, 4.69) is 555 Å². The monoisotopic (exact) mass is 1750 g/mol. The zero-order chi connectivity index (χ0) is 91.8. The van der Waals surface area contributed by atoms with Crippen molar-refractivity contribution in [3.05, 3.63) is 519 Å². The van der Waals surface area contributed by atoms with Crippen molar-refractivity contribution < 1.29 is 0 Å². The summed E-state index contributed by atoms with van der Waals surface area (Å²) in [7, 11) is 0. The van der Waals surface area contributed by atoms with Gasteiger partial charge in [-0.1, -0.05) is 351 Å². The largest absolute Gasteiger partial charge is 0.310 e. The molecule has 27 rings (SSSR count). The maximum absolute atomic E-state index is 2.45. The molecule has 0 spiro atoms. The van der Waals surface area contributed by atoms with Gasteiger partial charge in [-0.15, -0.1) is 0 Å². The lowest BCUT2D eigenvalue weighted by atomic mass is 9.82. The molecule has 652 valence electrons. The Balaban J connectivity index is 0.000000109. The van der Waals surface area contributed by atoms with Gasteiger partial charge in [-0.3, -0.25) is 0 Å². The molecule has 0 aliphatic heterocycles. The van der Waals surface area contributed by atoms with Crippen molar-refractivity contribution in [1.82, 2.24) is 13.7 Å². The fraction of sp³-hybridized carbons (Fsp3) is 0.0687.